The lowest BCUT2D eigenvalue weighted by atomic mass is 9.64. The maximum Gasteiger partial charge on any atom is 0.125 e. The summed E-state index contributed by atoms with van der Waals surface area (Å²) in [5, 5.41) is 0. The summed E-state index contributed by atoms with van der Waals surface area (Å²) >= 11 is 0. The zero-order valence-corrected chi connectivity index (χ0v) is 10.5. The van der Waals surface area contributed by atoms with Crippen LogP contribution < -0.4 is 4.74 Å². The molecule has 1 fully saturated rings. The molecule has 0 saturated heterocycles. The number of aryl methyl sites for hydroxylation is 2. The minimum absolute atomic E-state index is 0.499. The zero-order valence-electron chi connectivity index (χ0n) is 10.5. The maximum atomic E-state index is 6.07. The van der Waals surface area contributed by atoms with Crippen LogP contribution in [0, 0.1) is 26.2 Å². The van der Waals surface area contributed by atoms with Gasteiger partial charge in [0.15, 0.2) is 0 Å². The van der Waals surface area contributed by atoms with E-state index in [1.807, 2.05) is 0 Å². The summed E-state index contributed by atoms with van der Waals surface area (Å²) in [5.74, 6) is 1.19. The predicted octanol–water partition coefficient (Wildman–Crippen LogP) is 3.72. The fourth-order valence-corrected chi connectivity index (χ4v) is 3.17. The van der Waals surface area contributed by atoms with Crippen molar-refractivity contribution in [1.29, 1.82) is 0 Å². The molecule has 0 radical (unpaired) electrons. The SMILES string of the molecule is Cc1cc(C)c2c(c1C)OCC1(CCC1)C2. The number of benzene rings is 1. The Kier molecular flexibility index (Phi) is 2.07. The minimum atomic E-state index is 0.499. The minimum Gasteiger partial charge on any atom is -0.492 e. The van der Waals surface area contributed by atoms with Gasteiger partial charge >= 0.3 is 0 Å². The van der Waals surface area contributed by atoms with Gasteiger partial charge in [-0.3, -0.25) is 0 Å². The van der Waals surface area contributed by atoms with Crippen LogP contribution in [0.5, 0.6) is 5.75 Å². The fourth-order valence-electron chi connectivity index (χ4n) is 3.17. The van der Waals surface area contributed by atoms with Crippen LogP contribution in [-0.2, 0) is 6.42 Å². The number of hydrogen-bond donors (Lipinski definition) is 0. The molecule has 1 saturated carbocycles. The largest absolute Gasteiger partial charge is 0.492 e. The third-order valence-electron chi connectivity index (χ3n) is 4.60. The van der Waals surface area contributed by atoms with Gasteiger partial charge in [0.05, 0.1) is 6.61 Å². The first kappa shape index (κ1) is 10.2. The van der Waals surface area contributed by atoms with Crippen molar-refractivity contribution in [2.75, 3.05) is 6.61 Å². The van der Waals surface area contributed by atoms with Crippen molar-refractivity contribution >= 4 is 0 Å². The van der Waals surface area contributed by atoms with Crippen molar-refractivity contribution in [1.82, 2.24) is 0 Å². The highest BCUT2D eigenvalue weighted by Crippen LogP contribution is 2.49. The molecule has 1 aliphatic heterocycles. The van der Waals surface area contributed by atoms with E-state index in [1.54, 1.807) is 0 Å². The van der Waals surface area contributed by atoms with Gasteiger partial charge in [0.1, 0.15) is 5.75 Å². The maximum absolute atomic E-state index is 6.07. The van der Waals surface area contributed by atoms with Gasteiger partial charge in [-0.1, -0.05) is 12.5 Å². The van der Waals surface area contributed by atoms with Gasteiger partial charge in [-0.25, -0.2) is 0 Å². The first-order chi connectivity index (χ1) is 7.61. The van der Waals surface area contributed by atoms with E-state index in [9.17, 15) is 0 Å². The van der Waals surface area contributed by atoms with E-state index < -0.39 is 0 Å². The number of ether oxygens (including phenoxy) is 1. The molecule has 0 amide bonds. The van der Waals surface area contributed by atoms with Crippen LogP contribution in [-0.4, -0.2) is 6.61 Å². The van der Waals surface area contributed by atoms with E-state index >= 15 is 0 Å². The highest BCUT2D eigenvalue weighted by molar-refractivity contribution is 5.51. The topological polar surface area (TPSA) is 9.23 Å². The van der Waals surface area contributed by atoms with Gasteiger partial charge in [0, 0.05) is 5.41 Å². The van der Waals surface area contributed by atoms with Crippen LogP contribution >= 0.6 is 0 Å². The summed E-state index contributed by atoms with van der Waals surface area (Å²) in [5.41, 5.74) is 6.10. The van der Waals surface area contributed by atoms with Gasteiger partial charge in [0.2, 0.25) is 0 Å². The van der Waals surface area contributed by atoms with Gasteiger partial charge in [-0.05, 0) is 62.3 Å². The van der Waals surface area contributed by atoms with Gasteiger partial charge in [-0.15, -0.1) is 0 Å². The second kappa shape index (κ2) is 3.26. The van der Waals surface area contributed by atoms with E-state index in [0.717, 1.165) is 6.61 Å². The second-order valence-corrected chi connectivity index (χ2v) is 5.76. The lowest BCUT2D eigenvalue weighted by molar-refractivity contribution is 0.0403. The van der Waals surface area contributed by atoms with Crippen molar-refractivity contribution in [3.05, 3.63) is 28.3 Å². The van der Waals surface area contributed by atoms with Crippen molar-refractivity contribution in [2.24, 2.45) is 5.41 Å². The van der Waals surface area contributed by atoms with E-state index in [1.165, 1.54) is 53.7 Å². The van der Waals surface area contributed by atoms with Crippen LogP contribution in [0.25, 0.3) is 0 Å². The van der Waals surface area contributed by atoms with Crippen LogP contribution in [0.2, 0.25) is 0 Å². The van der Waals surface area contributed by atoms with E-state index in [2.05, 4.69) is 26.8 Å². The number of hydrogen-bond acceptors (Lipinski definition) is 1. The molecule has 0 unspecified atom stereocenters. The molecule has 86 valence electrons. The van der Waals surface area contributed by atoms with E-state index in [0.29, 0.717) is 5.41 Å². The molecule has 0 bridgehead atoms. The summed E-state index contributed by atoms with van der Waals surface area (Å²) in [4.78, 5) is 0. The monoisotopic (exact) mass is 216 g/mol. The Hall–Kier alpha value is -0.980. The van der Waals surface area contributed by atoms with Crippen molar-refractivity contribution in [3.63, 3.8) is 0 Å². The second-order valence-electron chi connectivity index (χ2n) is 5.76. The van der Waals surface area contributed by atoms with Crippen LogP contribution in [0.4, 0.5) is 0 Å². The smallest absolute Gasteiger partial charge is 0.125 e. The standard InChI is InChI=1S/C15H20O/c1-10-7-11(2)13-8-15(5-4-6-15)9-16-14(13)12(10)3/h7H,4-6,8-9H2,1-3H3. The Morgan fingerprint density at radius 3 is 2.50 bits per heavy atom. The van der Waals surface area contributed by atoms with Gasteiger partial charge < -0.3 is 4.74 Å². The average Bonchev–Trinajstić information content (AvgIpc) is 2.23. The summed E-state index contributed by atoms with van der Waals surface area (Å²) in [6, 6.07) is 2.31. The molecule has 1 aromatic carbocycles. The molecule has 1 spiro atoms. The molecule has 1 aliphatic carbocycles. The summed E-state index contributed by atoms with van der Waals surface area (Å²) in [6.07, 6.45) is 5.36. The third-order valence-corrected chi connectivity index (χ3v) is 4.60. The lowest BCUT2D eigenvalue weighted by Crippen LogP contribution is -2.41. The Bertz CT molecular complexity index is 441. The highest BCUT2D eigenvalue weighted by Gasteiger charge is 2.41. The molecular weight excluding hydrogens is 196 g/mol. The molecule has 1 heteroatoms. The predicted molar refractivity (Wildman–Crippen MR) is 66.1 cm³/mol. The molecule has 1 heterocycles. The Morgan fingerprint density at radius 2 is 1.88 bits per heavy atom. The fraction of sp³-hybridized carbons (Fsp3) is 0.600. The third kappa shape index (κ3) is 1.30. The first-order valence-corrected chi connectivity index (χ1v) is 6.34. The first-order valence-electron chi connectivity index (χ1n) is 6.34. The Labute approximate surface area is 97.8 Å². The number of fused-ring (bicyclic) bond motifs is 1. The average molecular weight is 216 g/mol. The number of rotatable bonds is 0. The van der Waals surface area contributed by atoms with Gasteiger partial charge in [-0.2, -0.15) is 0 Å². The molecule has 0 N–H and O–H groups in total. The van der Waals surface area contributed by atoms with Crippen molar-refractivity contribution in [2.45, 2.75) is 46.5 Å². The van der Waals surface area contributed by atoms with Crippen LogP contribution in [0.1, 0.15) is 41.5 Å². The molecular formula is C15H20O. The van der Waals surface area contributed by atoms with E-state index in [-0.39, 0.29) is 0 Å². The summed E-state index contributed by atoms with van der Waals surface area (Å²) in [6.45, 7) is 7.54. The summed E-state index contributed by atoms with van der Waals surface area (Å²) < 4.78 is 6.07. The molecule has 16 heavy (non-hydrogen) atoms. The molecule has 2 aliphatic rings. The van der Waals surface area contributed by atoms with Gasteiger partial charge in [0.25, 0.3) is 0 Å². The zero-order chi connectivity index (χ0) is 11.3. The Balaban J connectivity index is 2.07. The molecule has 1 aromatic rings. The molecule has 3 rings (SSSR count). The quantitative estimate of drug-likeness (QED) is 0.642. The molecule has 0 aromatic heterocycles. The lowest BCUT2D eigenvalue weighted by Gasteiger charge is -2.45. The molecule has 1 nitrogen and oxygen atoms in total. The summed E-state index contributed by atoms with van der Waals surface area (Å²) in [7, 11) is 0. The Morgan fingerprint density at radius 1 is 1.12 bits per heavy atom. The molecule has 0 atom stereocenters. The van der Waals surface area contributed by atoms with Crippen LogP contribution in [0.15, 0.2) is 6.07 Å². The van der Waals surface area contributed by atoms with E-state index in [4.69, 9.17) is 4.74 Å². The van der Waals surface area contributed by atoms with Crippen LogP contribution in [0.3, 0.4) is 0 Å². The van der Waals surface area contributed by atoms with Crippen molar-refractivity contribution in [3.8, 4) is 5.75 Å². The van der Waals surface area contributed by atoms with Crippen molar-refractivity contribution < 1.29 is 4.74 Å². The highest BCUT2D eigenvalue weighted by atomic mass is 16.5. The normalized spacial score (nSPS) is 21.2.